The molecule has 2 aromatic rings. The summed E-state index contributed by atoms with van der Waals surface area (Å²) < 4.78 is 10.9. The van der Waals surface area contributed by atoms with Crippen molar-refractivity contribution in [1.29, 1.82) is 0 Å². The van der Waals surface area contributed by atoms with E-state index in [0.29, 0.717) is 17.7 Å². The predicted molar refractivity (Wildman–Crippen MR) is 116 cm³/mol. The number of aliphatic imine (C=N–C) groups is 1. The molecule has 0 saturated carbocycles. The van der Waals surface area contributed by atoms with Gasteiger partial charge in [0.2, 0.25) is 5.88 Å². The summed E-state index contributed by atoms with van der Waals surface area (Å²) in [5.74, 6) is 4.21. The SMILES string of the molecule is CCNC(=NCc1ccc(Oc2ccc(OC)cc2)nc1)NCC1CCCS1. The number of hydrogen-bond donors (Lipinski definition) is 2. The predicted octanol–water partition coefficient (Wildman–Crippen LogP) is 3.83. The quantitative estimate of drug-likeness (QED) is 0.518. The van der Waals surface area contributed by atoms with Gasteiger partial charge in [-0.15, -0.1) is 0 Å². The third kappa shape index (κ3) is 6.34. The fourth-order valence-corrected chi connectivity index (χ4v) is 4.06. The highest BCUT2D eigenvalue weighted by molar-refractivity contribution is 8.00. The number of pyridine rings is 1. The largest absolute Gasteiger partial charge is 0.497 e. The second kappa shape index (κ2) is 10.8. The molecule has 0 bridgehead atoms. The first-order chi connectivity index (χ1) is 13.8. The summed E-state index contributed by atoms with van der Waals surface area (Å²) in [4.78, 5) is 9.05. The van der Waals surface area contributed by atoms with Gasteiger partial charge < -0.3 is 20.1 Å². The Morgan fingerprint density at radius 3 is 2.64 bits per heavy atom. The van der Waals surface area contributed by atoms with Crippen molar-refractivity contribution in [2.45, 2.75) is 31.6 Å². The van der Waals surface area contributed by atoms with Gasteiger partial charge in [-0.25, -0.2) is 9.98 Å². The maximum Gasteiger partial charge on any atom is 0.219 e. The number of thioether (sulfide) groups is 1. The van der Waals surface area contributed by atoms with Crippen LogP contribution in [0.4, 0.5) is 0 Å². The molecule has 1 unspecified atom stereocenters. The normalized spacial score (nSPS) is 16.6. The monoisotopic (exact) mass is 400 g/mol. The van der Waals surface area contributed by atoms with Crippen LogP contribution in [0.1, 0.15) is 25.3 Å². The summed E-state index contributed by atoms with van der Waals surface area (Å²) in [6, 6.07) is 11.3. The molecule has 0 amide bonds. The molecule has 28 heavy (non-hydrogen) atoms. The Labute approximate surface area is 171 Å². The minimum absolute atomic E-state index is 0.557. The van der Waals surface area contributed by atoms with Crippen LogP contribution in [0.5, 0.6) is 17.4 Å². The maximum atomic E-state index is 5.76. The third-order valence-corrected chi connectivity index (χ3v) is 5.76. The van der Waals surface area contributed by atoms with Crippen LogP contribution in [0.3, 0.4) is 0 Å². The van der Waals surface area contributed by atoms with Crippen molar-refractivity contribution in [1.82, 2.24) is 15.6 Å². The van der Waals surface area contributed by atoms with E-state index in [0.717, 1.165) is 36.1 Å². The van der Waals surface area contributed by atoms with Crippen molar-refractivity contribution in [2.24, 2.45) is 4.99 Å². The van der Waals surface area contributed by atoms with E-state index in [1.165, 1.54) is 18.6 Å². The first kappa shape index (κ1) is 20.3. The Balaban J connectivity index is 1.52. The van der Waals surface area contributed by atoms with Crippen molar-refractivity contribution < 1.29 is 9.47 Å². The standard InChI is InChI=1S/C21H28N4O2S/c1-3-22-21(25-15-19-5-4-12-28-19)24-14-16-6-11-20(23-13-16)27-18-9-7-17(26-2)8-10-18/h6-11,13,19H,3-5,12,14-15H2,1-2H3,(H2,22,24,25). The molecule has 6 nitrogen and oxygen atoms in total. The molecule has 1 aromatic carbocycles. The molecule has 0 radical (unpaired) electrons. The summed E-state index contributed by atoms with van der Waals surface area (Å²) >= 11 is 2.04. The first-order valence-electron chi connectivity index (χ1n) is 9.67. The second-order valence-electron chi connectivity index (χ2n) is 6.49. The van der Waals surface area contributed by atoms with Crippen LogP contribution in [0.25, 0.3) is 0 Å². The third-order valence-electron chi connectivity index (χ3n) is 4.36. The molecule has 7 heteroatoms. The van der Waals surface area contributed by atoms with E-state index in [-0.39, 0.29) is 0 Å². The zero-order valence-electron chi connectivity index (χ0n) is 16.5. The van der Waals surface area contributed by atoms with Gasteiger partial charge in [-0.05, 0) is 55.3 Å². The van der Waals surface area contributed by atoms with Gasteiger partial charge in [-0.2, -0.15) is 11.8 Å². The molecule has 2 heterocycles. The molecule has 1 aliphatic rings. The lowest BCUT2D eigenvalue weighted by atomic mass is 10.2. The highest BCUT2D eigenvalue weighted by Crippen LogP contribution is 2.25. The lowest BCUT2D eigenvalue weighted by molar-refractivity contribution is 0.412. The number of nitrogens with zero attached hydrogens (tertiary/aromatic N) is 2. The van der Waals surface area contributed by atoms with Crippen molar-refractivity contribution in [3.63, 3.8) is 0 Å². The number of aromatic nitrogens is 1. The molecular weight excluding hydrogens is 372 g/mol. The van der Waals surface area contributed by atoms with Crippen LogP contribution < -0.4 is 20.1 Å². The summed E-state index contributed by atoms with van der Waals surface area (Å²) in [7, 11) is 1.64. The Morgan fingerprint density at radius 1 is 1.18 bits per heavy atom. The lowest BCUT2D eigenvalue weighted by Crippen LogP contribution is -2.40. The average Bonchev–Trinajstić information content (AvgIpc) is 3.25. The summed E-state index contributed by atoms with van der Waals surface area (Å²) in [6.07, 6.45) is 4.41. The van der Waals surface area contributed by atoms with E-state index >= 15 is 0 Å². The van der Waals surface area contributed by atoms with Gasteiger partial charge in [0.1, 0.15) is 11.5 Å². The molecule has 0 aliphatic carbocycles. The average molecular weight is 401 g/mol. The molecule has 1 atom stereocenters. The van der Waals surface area contributed by atoms with Gasteiger partial charge in [0.25, 0.3) is 0 Å². The fourth-order valence-electron chi connectivity index (χ4n) is 2.86. The van der Waals surface area contributed by atoms with E-state index in [9.17, 15) is 0 Å². The number of guanidine groups is 1. The zero-order chi connectivity index (χ0) is 19.6. The van der Waals surface area contributed by atoms with Crippen molar-refractivity contribution in [2.75, 3.05) is 26.0 Å². The minimum Gasteiger partial charge on any atom is -0.497 e. The van der Waals surface area contributed by atoms with Crippen LogP contribution in [-0.2, 0) is 6.54 Å². The molecule has 3 rings (SSSR count). The van der Waals surface area contributed by atoms with Gasteiger partial charge in [0.05, 0.1) is 13.7 Å². The summed E-state index contributed by atoms with van der Waals surface area (Å²) in [5, 5.41) is 7.45. The van der Waals surface area contributed by atoms with E-state index in [4.69, 9.17) is 9.47 Å². The second-order valence-corrected chi connectivity index (χ2v) is 7.90. The van der Waals surface area contributed by atoms with E-state index in [2.05, 4.69) is 27.5 Å². The smallest absolute Gasteiger partial charge is 0.219 e. The highest BCUT2D eigenvalue weighted by Gasteiger charge is 2.15. The number of benzene rings is 1. The Morgan fingerprint density at radius 2 is 2.00 bits per heavy atom. The number of ether oxygens (including phenoxy) is 2. The topological polar surface area (TPSA) is 67.8 Å². The van der Waals surface area contributed by atoms with Crippen LogP contribution in [0.15, 0.2) is 47.6 Å². The number of rotatable bonds is 8. The Bertz CT molecular complexity index is 744. The van der Waals surface area contributed by atoms with Gasteiger partial charge in [0, 0.05) is 30.6 Å². The first-order valence-corrected chi connectivity index (χ1v) is 10.7. The highest BCUT2D eigenvalue weighted by atomic mass is 32.2. The molecule has 1 aliphatic heterocycles. The van der Waals surface area contributed by atoms with E-state index in [1.54, 1.807) is 13.3 Å². The zero-order valence-corrected chi connectivity index (χ0v) is 17.3. The van der Waals surface area contributed by atoms with Crippen molar-refractivity contribution >= 4 is 17.7 Å². The minimum atomic E-state index is 0.557. The van der Waals surface area contributed by atoms with Gasteiger partial charge in [-0.3, -0.25) is 0 Å². The number of nitrogens with one attached hydrogen (secondary N) is 2. The molecule has 150 valence electrons. The van der Waals surface area contributed by atoms with Crippen molar-refractivity contribution in [3.8, 4) is 17.4 Å². The molecule has 0 spiro atoms. The molecule has 2 N–H and O–H groups in total. The van der Waals surface area contributed by atoms with E-state index in [1.807, 2.05) is 48.2 Å². The van der Waals surface area contributed by atoms with Gasteiger partial charge >= 0.3 is 0 Å². The molecule has 1 aromatic heterocycles. The Hall–Kier alpha value is -2.41. The molecular formula is C21H28N4O2S. The summed E-state index contributed by atoms with van der Waals surface area (Å²) in [5.41, 5.74) is 1.04. The van der Waals surface area contributed by atoms with Crippen LogP contribution in [0.2, 0.25) is 0 Å². The maximum absolute atomic E-state index is 5.76. The number of methoxy groups -OCH3 is 1. The van der Waals surface area contributed by atoms with Crippen LogP contribution >= 0.6 is 11.8 Å². The van der Waals surface area contributed by atoms with Gasteiger partial charge in [-0.1, -0.05) is 6.07 Å². The van der Waals surface area contributed by atoms with Crippen LogP contribution in [-0.4, -0.2) is 42.1 Å². The lowest BCUT2D eigenvalue weighted by Gasteiger charge is -2.14. The van der Waals surface area contributed by atoms with E-state index < -0.39 is 0 Å². The van der Waals surface area contributed by atoms with Crippen LogP contribution in [0, 0.1) is 0 Å². The van der Waals surface area contributed by atoms with Gasteiger partial charge in [0.15, 0.2) is 5.96 Å². The molecule has 1 saturated heterocycles. The Kier molecular flexibility index (Phi) is 7.84. The molecule has 1 fully saturated rings. The fraction of sp³-hybridized carbons (Fsp3) is 0.429. The summed E-state index contributed by atoms with van der Waals surface area (Å²) in [6.45, 7) is 4.46. The van der Waals surface area contributed by atoms with Crippen molar-refractivity contribution in [3.05, 3.63) is 48.2 Å². The number of hydrogen-bond acceptors (Lipinski definition) is 5.